The number of hydrogen-bond acceptors (Lipinski definition) is 5. The van der Waals surface area contributed by atoms with Crippen LogP contribution in [0.3, 0.4) is 0 Å². The molecule has 0 bridgehead atoms. The molecule has 0 unspecified atom stereocenters. The van der Waals surface area contributed by atoms with Gasteiger partial charge in [-0.15, -0.1) is 0 Å². The van der Waals surface area contributed by atoms with Crippen LogP contribution in [0.25, 0.3) is 6.08 Å². The average Bonchev–Trinajstić information content (AvgIpc) is 3.23. The molecule has 4 aromatic carbocycles. The quantitative estimate of drug-likeness (QED) is 0.212. The molecule has 190 valence electrons. The highest BCUT2D eigenvalue weighted by Crippen LogP contribution is 2.38. The first-order valence-corrected chi connectivity index (χ1v) is 13.4. The third-order valence-corrected chi connectivity index (χ3v) is 6.85. The summed E-state index contributed by atoms with van der Waals surface area (Å²) in [5.74, 6) is 1.10. The maximum Gasteiger partial charge on any atom is 0.271 e. The minimum atomic E-state index is -0.130. The third kappa shape index (κ3) is 6.10. The van der Waals surface area contributed by atoms with Crippen LogP contribution in [0.1, 0.15) is 18.1 Å². The van der Waals surface area contributed by atoms with Crippen LogP contribution in [-0.4, -0.2) is 17.7 Å². The number of amidine groups is 1. The molecule has 1 aliphatic heterocycles. The van der Waals surface area contributed by atoms with Crippen LogP contribution in [0.2, 0.25) is 5.02 Å². The van der Waals surface area contributed by atoms with Gasteiger partial charge in [0.2, 0.25) is 0 Å². The first kappa shape index (κ1) is 25.6. The highest BCUT2D eigenvalue weighted by atomic mass is 35.5. The molecule has 0 N–H and O–H groups in total. The summed E-state index contributed by atoms with van der Waals surface area (Å²) in [6, 6.07) is 32.4. The second kappa shape index (κ2) is 12.0. The van der Waals surface area contributed by atoms with E-state index in [4.69, 9.17) is 26.1 Å². The summed E-state index contributed by atoms with van der Waals surface area (Å²) in [5, 5.41) is 1.27. The molecule has 1 amide bonds. The van der Waals surface area contributed by atoms with E-state index >= 15 is 0 Å². The van der Waals surface area contributed by atoms with Gasteiger partial charge in [-0.1, -0.05) is 66.2 Å². The van der Waals surface area contributed by atoms with Crippen LogP contribution in [0.4, 0.5) is 11.4 Å². The van der Waals surface area contributed by atoms with Crippen molar-refractivity contribution in [1.29, 1.82) is 0 Å². The number of benzene rings is 4. The molecule has 1 heterocycles. The zero-order valence-corrected chi connectivity index (χ0v) is 22.3. The number of ether oxygens (including phenoxy) is 2. The van der Waals surface area contributed by atoms with Gasteiger partial charge in [-0.2, -0.15) is 0 Å². The van der Waals surface area contributed by atoms with Crippen molar-refractivity contribution in [2.24, 2.45) is 4.99 Å². The smallest absolute Gasteiger partial charge is 0.271 e. The molecule has 7 heteroatoms. The Labute approximate surface area is 231 Å². The Morgan fingerprint density at radius 2 is 1.63 bits per heavy atom. The fourth-order valence-electron chi connectivity index (χ4n) is 3.91. The second-order valence-corrected chi connectivity index (χ2v) is 9.82. The van der Waals surface area contributed by atoms with Crippen LogP contribution < -0.4 is 14.4 Å². The number of para-hydroxylation sites is 2. The molecule has 0 atom stereocenters. The van der Waals surface area contributed by atoms with Crippen LogP contribution in [0.15, 0.2) is 113 Å². The van der Waals surface area contributed by atoms with E-state index in [-0.39, 0.29) is 5.91 Å². The predicted octanol–water partition coefficient (Wildman–Crippen LogP) is 8.13. The predicted molar refractivity (Wildman–Crippen MR) is 156 cm³/mol. The lowest BCUT2D eigenvalue weighted by molar-refractivity contribution is -0.113. The number of carbonyl (C=O) groups is 1. The van der Waals surface area contributed by atoms with Gasteiger partial charge in [0.05, 0.1) is 22.9 Å². The van der Waals surface area contributed by atoms with Gasteiger partial charge in [0.25, 0.3) is 5.91 Å². The maximum absolute atomic E-state index is 13.6. The van der Waals surface area contributed by atoms with Crippen LogP contribution in [0, 0.1) is 0 Å². The van der Waals surface area contributed by atoms with Crippen molar-refractivity contribution in [3.05, 3.63) is 124 Å². The van der Waals surface area contributed by atoms with E-state index in [0.717, 1.165) is 22.5 Å². The summed E-state index contributed by atoms with van der Waals surface area (Å²) >= 11 is 7.44. The topological polar surface area (TPSA) is 51.1 Å². The molecule has 1 saturated heterocycles. The van der Waals surface area contributed by atoms with E-state index in [0.29, 0.717) is 39.8 Å². The molecular weight excluding hydrogens is 516 g/mol. The molecular formula is C31H25ClN2O3S. The van der Waals surface area contributed by atoms with E-state index < -0.39 is 0 Å². The van der Waals surface area contributed by atoms with Gasteiger partial charge in [-0.05, 0) is 84.4 Å². The first-order chi connectivity index (χ1) is 18.6. The van der Waals surface area contributed by atoms with Gasteiger partial charge in [0, 0.05) is 5.02 Å². The summed E-state index contributed by atoms with van der Waals surface area (Å²) in [6.07, 6.45) is 1.86. The van der Waals surface area contributed by atoms with Gasteiger partial charge in [0.15, 0.2) is 16.7 Å². The monoisotopic (exact) mass is 540 g/mol. The zero-order chi connectivity index (χ0) is 26.3. The summed E-state index contributed by atoms with van der Waals surface area (Å²) in [5.41, 5.74) is 3.34. The third-order valence-electron chi connectivity index (χ3n) is 5.65. The van der Waals surface area contributed by atoms with Crippen molar-refractivity contribution in [1.82, 2.24) is 0 Å². The lowest BCUT2D eigenvalue weighted by Gasteiger charge is -2.15. The highest BCUT2D eigenvalue weighted by molar-refractivity contribution is 8.19. The van der Waals surface area contributed by atoms with E-state index in [9.17, 15) is 4.79 Å². The lowest BCUT2D eigenvalue weighted by Crippen LogP contribution is -2.28. The SMILES string of the molecule is CCOc1cc(/C=C2/SC(=Nc3ccccc3)N(c3ccccc3)C2=O)ccc1OCc1cccc(Cl)c1. The Morgan fingerprint density at radius 3 is 2.37 bits per heavy atom. The average molecular weight is 541 g/mol. The minimum Gasteiger partial charge on any atom is -0.490 e. The number of anilines is 1. The Hall–Kier alpha value is -4.00. The van der Waals surface area contributed by atoms with Crippen molar-refractivity contribution < 1.29 is 14.3 Å². The summed E-state index contributed by atoms with van der Waals surface area (Å²) in [6.45, 7) is 2.77. The van der Waals surface area contributed by atoms with Gasteiger partial charge < -0.3 is 9.47 Å². The summed E-state index contributed by atoms with van der Waals surface area (Å²) in [4.78, 5) is 20.5. The number of aliphatic imine (C=N–C) groups is 1. The number of amides is 1. The van der Waals surface area contributed by atoms with Crippen molar-refractivity contribution in [3.8, 4) is 11.5 Å². The normalized spacial score (nSPS) is 15.3. The number of nitrogens with zero attached hydrogens (tertiary/aromatic N) is 2. The number of carbonyl (C=O) groups excluding carboxylic acids is 1. The van der Waals surface area contributed by atoms with E-state index in [1.807, 2.05) is 116 Å². The Balaban J connectivity index is 1.44. The Kier molecular flexibility index (Phi) is 8.12. The molecule has 1 fully saturated rings. The molecule has 0 spiro atoms. The minimum absolute atomic E-state index is 0.130. The molecule has 4 aromatic rings. The van der Waals surface area contributed by atoms with E-state index in [2.05, 4.69) is 0 Å². The number of hydrogen-bond donors (Lipinski definition) is 0. The fourth-order valence-corrected chi connectivity index (χ4v) is 5.12. The number of halogens is 1. The molecule has 0 radical (unpaired) electrons. The summed E-state index contributed by atoms with van der Waals surface area (Å²) < 4.78 is 11.9. The van der Waals surface area contributed by atoms with Crippen molar-refractivity contribution in [2.75, 3.05) is 11.5 Å². The van der Waals surface area contributed by atoms with Crippen molar-refractivity contribution >= 4 is 51.9 Å². The van der Waals surface area contributed by atoms with Gasteiger partial charge >= 0.3 is 0 Å². The van der Waals surface area contributed by atoms with E-state index in [1.54, 1.807) is 4.90 Å². The zero-order valence-electron chi connectivity index (χ0n) is 20.7. The molecule has 0 saturated carbocycles. The molecule has 1 aliphatic rings. The van der Waals surface area contributed by atoms with Gasteiger partial charge in [0.1, 0.15) is 6.61 Å². The molecule has 5 nitrogen and oxygen atoms in total. The van der Waals surface area contributed by atoms with E-state index in [1.165, 1.54) is 11.8 Å². The molecule has 0 aromatic heterocycles. The molecule has 0 aliphatic carbocycles. The molecule has 5 rings (SSSR count). The summed E-state index contributed by atoms with van der Waals surface area (Å²) in [7, 11) is 0. The lowest BCUT2D eigenvalue weighted by atomic mass is 10.1. The Bertz CT molecular complexity index is 1490. The van der Waals surface area contributed by atoms with Crippen LogP contribution >= 0.6 is 23.4 Å². The van der Waals surface area contributed by atoms with Gasteiger partial charge in [-0.3, -0.25) is 9.69 Å². The Morgan fingerprint density at radius 1 is 0.868 bits per heavy atom. The maximum atomic E-state index is 13.6. The van der Waals surface area contributed by atoms with Crippen LogP contribution in [0.5, 0.6) is 11.5 Å². The second-order valence-electron chi connectivity index (χ2n) is 8.37. The van der Waals surface area contributed by atoms with Gasteiger partial charge in [-0.25, -0.2) is 4.99 Å². The standard InChI is InChI=1S/C31H25ClN2O3S/c1-2-36-28-19-22(16-17-27(28)37-21-23-10-9-11-24(32)18-23)20-29-30(35)34(26-14-7-4-8-15-26)31(38-29)33-25-12-5-3-6-13-25/h3-20H,2,21H2,1H3/b29-20+,33-31?. The fraction of sp³-hybridized carbons (Fsp3) is 0.0968. The van der Waals surface area contributed by atoms with Crippen LogP contribution in [-0.2, 0) is 11.4 Å². The first-order valence-electron chi connectivity index (χ1n) is 12.2. The van der Waals surface area contributed by atoms with Crippen molar-refractivity contribution in [2.45, 2.75) is 13.5 Å². The number of thioether (sulfide) groups is 1. The number of rotatable bonds is 8. The molecule has 38 heavy (non-hydrogen) atoms. The largest absolute Gasteiger partial charge is 0.490 e. The highest BCUT2D eigenvalue weighted by Gasteiger charge is 2.34. The van der Waals surface area contributed by atoms with Crippen molar-refractivity contribution in [3.63, 3.8) is 0 Å².